The monoisotopic (exact) mass is 320 g/mol. The molecular weight excluding hydrogens is 300 g/mol. The summed E-state index contributed by atoms with van der Waals surface area (Å²) >= 11 is 0. The molecule has 3 aromatic rings. The highest BCUT2D eigenvalue weighted by molar-refractivity contribution is 5.98. The number of aromatic amines is 1. The third kappa shape index (κ3) is 2.77. The smallest absolute Gasteiger partial charge is 0.165 e. The normalized spacial score (nSPS) is 15.7. The summed E-state index contributed by atoms with van der Waals surface area (Å²) in [6.07, 6.45) is 7.34. The first kappa shape index (κ1) is 14.9. The minimum absolute atomic E-state index is 0.199. The average Bonchev–Trinajstić information content (AvgIpc) is 3.05. The number of nitrogen functional groups attached to an aromatic ring is 1. The zero-order valence-electron chi connectivity index (χ0n) is 13.5. The molecule has 2 aromatic heterocycles. The van der Waals surface area contributed by atoms with Gasteiger partial charge >= 0.3 is 0 Å². The van der Waals surface area contributed by atoms with Crippen LogP contribution in [0.15, 0.2) is 36.5 Å². The lowest BCUT2D eigenvalue weighted by molar-refractivity contribution is 0.0889. The molecule has 0 saturated heterocycles. The molecule has 1 saturated carbocycles. The third-order valence-electron chi connectivity index (χ3n) is 4.81. The number of rotatable bonds is 3. The Hall–Kier alpha value is -2.69. The van der Waals surface area contributed by atoms with E-state index in [1.54, 1.807) is 12.3 Å². The highest BCUT2D eigenvalue weighted by Crippen LogP contribution is 2.28. The number of anilines is 1. The van der Waals surface area contributed by atoms with E-state index in [1.807, 2.05) is 24.3 Å². The van der Waals surface area contributed by atoms with Gasteiger partial charge in [0.1, 0.15) is 11.6 Å². The molecule has 24 heavy (non-hydrogen) atoms. The molecule has 3 N–H and O–H groups in total. The number of pyridine rings is 1. The van der Waals surface area contributed by atoms with E-state index in [9.17, 15) is 4.79 Å². The van der Waals surface area contributed by atoms with E-state index >= 15 is 0 Å². The molecule has 0 bridgehead atoms. The fourth-order valence-corrected chi connectivity index (χ4v) is 3.45. The van der Waals surface area contributed by atoms with Gasteiger partial charge in [-0.25, -0.2) is 9.97 Å². The Labute approximate surface area is 140 Å². The number of imidazole rings is 1. The Bertz CT molecular complexity index is 876. The van der Waals surface area contributed by atoms with Gasteiger partial charge in [-0.3, -0.25) is 4.79 Å². The summed E-state index contributed by atoms with van der Waals surface area (Å²) in [5.74, 6) is 1.69. The third-order valence-corrected chi connectivity index (χ3v) is 4.81. The number of H-pyrrole nitrogens is 1. The number of nitrogens with two attached hydrogens (primary N) is 1. The van der Waals surface area contributed by atoms with E-state index in [1.165, 1.54) is 19.3 Å². The molecule has 0 aliphatic heterocycles. The number of carbonyl (C=O) groups excluding carboxylic acids is 1. The maximum absolute atomic E-state index is 12.6. The summed E-state index contributed by atoms with van der Waals surface area (Å²) in [7, 11) is 0. The van der Waals surface area contributed by atoms with Gasteiger partial charge in [-0.15, -0.1) is 0 Å². The number of hydrogen-bond acceptors (Lipinski definition) is 4. The molecule has 0 atom stereocenters. The van der Waals surface area contributed by atoms with Gasteiger partial charge in [0, 0.05) is 23.1 Å². The van der Waals surface area contributed by atoms with Crippen LogP contribution in [-0.2, 0) is 0 Å². The Morgan fingerprint density at radius 3 is 2.62 bits per heavy atom. The van der Waals surface area contributed by atoms with Gasteiger partial charge in [-0.05, 0) is 12.8 Å². The van der Waals surface area contributed by atoms with Gasteiger partial charge in [0.05, 0.1) is 17.2 Å². The second kappa shape index (κ2) is 6.07. The van der Waals surface area contributed by atoms with Crippen LogP contribution in [0.3, 0.4) is 0 Å². The predicted octanol–water partition coefficient (Wildman–Crippen LogP) is 3.97. The van der Waals surface area contributed by atoms with Crippen LogP contribution in [0.4, 0.5) is 5.82 Å². The van der Waals surface area contributed by atoms with Gasteiger partial charge in [0.15, 0.2) is 5.78 Å². The van der Waals surface area contributed by atoms with Crippen molar-refractivity contribution in [2.24, 2.45) is 5.92 Å². The summed E-state index contributed by atoms with van der Waals surface area (Å²) in [4.78, 5) is 24.4. The summed E-state index contributed by atoms with van der Waals surface area (Å²) in [5.41, 5.74) is 9.08. The first-order chi connectivity index (χ1) is 11.7. The SMILES string of the molecule is Nc1cc2nc(-c3ccc(C(=O)C4CCCCC4)cc3)[nH]c2cn1. The zero-order valence-corrected chi connectivity index (χ0v) is 13.5. The molecular formula is C19H20N4O. The molecule has 0 unspecified atom stereocenters. The largest absolute Gasteiger partial charge is 0.384 e. The lowest BCUT2D eigenvalue weighted by Gasteiger charge is -2.20. The maximum atomic E-state index is 12.6. The molecule has 1 fully saturated rings. The number of benzene rings is 1. The van der Waals surface area contributed by atoms with Crippen LogP contribution in [0, 0.1) is 5.92 Å². The number of nitrogens with one attached hydrogen (secondary N) is 1. The van der Waals surface area contributed by atoms with Crippen molar-refractivity contribution in [1.82, 2.24) is 15.0 Å². The topological polar surface area (TPSA) is 84.7 Å². The van der Waals surface area contributed by atoms with Crippen molar-refractivity contribution in [3.05, 3.63) is 42.1 Å². The summed E-state index contributed by atoms with van der Waals surface area (Å²) in [6.45, 7) is 0. The number of fused-ring (bicyclic) bond motifs is 1. The molecule has 1 aliphatic carbocycles. The van der Waals surface area contributed by atoms with Crippen molar-refractivity contribution in [1.29, 1.82) is 0 Å². The zero-order chi connectivity index (χ0) is 16.5. The highest BCUT2D eigenvalue weighted by atomic mass is 16.1. The minimum atomic E-state index is 0.199. The van der Waals surface area contributed by atoms with Crippen molar-refractivity contribution in [2.75, 3.05) is 5.73 Å². The van der Waals surface area contributed by atoms with Crippen molar-refractivity contribution in [2.45, 2.75) is 32.1 Å². The van der Waals surface area contributed by atoms with Gasteiger partial charge in [-0.1, -0.05) is 43.5 Å². The van der Waals surface area contributed by atoms with E-state index in [4.69, 9.17) is 5.73 Å². The fourth-order valence-electron chi connectivity index (χ4n) is 3.45. The Morgan fingerprint density at radius 1 is 1.12 bits per heavy atom. The van der Waals surface area contributed by atoms with Gasteiger partial charge in [0.25, 0.3) is 0 Å². The fraction of sp³-hybridized carbons (Fsp3) is 0.316. The first-order valence-corrected chi connectivity index (χ1v) is 8.46. The summed E-state index contributed by atoms with van der Waals surface area (Å²) in [5, 5.41) is 0. The second-order valence-corrected chi connectivity index (χ2v) is 6.49. The van der Waals surface area contributed by atoms with E-state index in [-0.39, 0.29) is 11.7 Å². The molecule has 5 nitrogen and oxygen atoms in total. The highest BCUT2D eigenvalue weighted by Gasteiger charge is 2.22. The quantitative estimate of drug-likeness (QED) is 0.715. The van der Waals surface area contributed by atoms with Crippen LogP contribution in [0.25, 0.3) is 22.4 Å². The summed E-state index contributed by atoms with van der Waals surface area (Å²) in [6, 6.07) is 9.46. The molecule has 4 rings (SSSR count). The summed E-state index contributed by atoms with van der Waals surface area (Å²) < 4.78 is 0. The molecule has 0 radical (unpaired) electrons. The molecule has 0 spiro atoms. The molecule has 1 aliphatic rings. The minimum Gasteiger partial charge on any atom is -0.384 e. The van der Waals surface area contributed by atoms with Gasteiger partial charge < -0.3 is 10.7 Å². The number of hydrogen-bond donors (Lipinski definition) is 2. The molecule has 5 heteroatoms. The average molecular weight is 320 g/mol. The Balaban J connectivity index is 1.59. The van der Waals surface area contributed by atoms with Crippen molar-refractivity contribution < 1.29 is 4.79 Å². The predicted molar refractivity (Wildman–Crippen MR) is 94.6 cm³/mol. The van der Waals surface area contributed by atoms with Crippen LogP contribution in [0.1, 0.15) is 42.5 Å². The van der Waals surface area contributed by atoms with Crippen LogP contribution < -0.4 is 5.73 Å². The van der Waals surface area contributed by atoms with E-state index in [0.29, 0.717) is 5.82 Å². The maximum Gasteiger partial charge on any atom is 0.165 e. The van der Waals surface area contributed by atoms with Crippen LogP contribution in [0.2, 0.25) is 0 Å². The van der Waals surface area contributed by atoms with E-state index in [2.05, 4.69) is 15.0 Å². The first-order valence-electron chi connectivity index (χ1n) is 8.46. The number of nitrogens with zero attached hydrogens (tertiary/aromatic N) is 2. The van der Waals surface area contributed by atoms with Crippen LogP contribution in [-0.4, -0.2) is 20.7 Å². The van der Waals surface area contributed by atoms with Crippen molar-refractivity contribution in [3.63, 3.8) is 0 Å². The van der Waals surface area contributed by atoms with E-state index in [0.717, 1.165) is 40.8 Å². The van der Waals surface area contributed by atoms with Gasteiger partial charge in [0.2, 0.25) is 0 Å². The Morgan fingerprint density at radius 2 is 1.88 bits per heavy atom. The lowest BCUT2D eigenvalue weighted by Crippen LogP contribution is -2.17. The van der Waals surface area contributed by atoms with Crippen molar-refractivity contribution >= 4 is 22.6 Å². The lowest BCUT2D eigenvalue weighted by atomic mass is 9.84. The molecule has 122 valence electrons. The number of ketones is 1. The number of carbonyl (C=O) groups is 1. The van der Waals surface area contributed by atoms with Crippen LogP contribution in [0.5, 0.6) is 0 Å². The van der Waals surface area contributed by atoms with Gasteiger partial charge in [-0.2, -0.15) is 0 Å². The molecule has 2 heterocycles. The number of Topliss-reactive ketones (excluding diaryl/α,β-unsaturated/α-hetero) is 1. The molecule has 1 aromatic carbocycles. The van der Waals surface area contributed by atoms with Crippen LogP contribution >= 0.6 is 0 Å². The van der Waals surface area contributed by atoms with E-state index < -0.39 is 0 Å². The van der Waals surface area contributed by atoms with Crippen molar-refractivity contribution in [3.8, 4) is 11.4 Å². The second-order valence-electron chi connectivity index (χ2n) is 6.49. The molecule has 0 amide bonds. The number of aromatic nitrogens is 3. The standard InChI is InChI=1S/C19H20N4O/c20-17-10-15-16(11-21-17)23-19(22-15)14-8-6-13(7-9-14)18(24)12-4-2-1-3-5-12/h6-12H,1-5H2,(H2,20,21)(H,22,23). The Kier molecular flexibility index (Phi) is 3.76.